The number of nitrogens with one attached hydrogen (secondary N) is 1. The lowest BCUT2D eigenvalue weighted by atomic mass is 9.88. The second-order valence-electron chi connectivity index (χ2n) is 10.5. The molecule has 180 valence electrons. The molecule has 34 heavy (non-hydrogen) atoms. The number of hydrogen-bond acceptors (Lipinski definition) is 5. The molecule has 2 aliphatic rings. The molecule has 7 nitrogen and oxygen atoms in total. The van der Waals surface area contributed by atoms with E-state index in [1.54, 1.807) is 4.90 Å². The topological polar surface area (TPSA) is 83.8 Å². The number of fused-ring (bicyclic) bond motifs is 2. The van der Waals surface area contributed by atoms with Gasteiger partial charge in [-0.1, -0.05) is 18.2 Å². The normalized spacial score (nSPS) is 17.5. The molecule has 7 heteroatoms. The molecule has 0 aliphatic carbocycles. The van der Waals surface area contributed by atoms with Crippen molar-refractivity contribution in [3.8, 4) is 5.75 Å². The third kappa shape index (κ3) is 4.52. The lowest BCUT2D eigenvalue weighted by molar-refractivity contribution is -0.0178. The van der Waals surface area contributed by atoms with E-state index in [1.807, 2.05) is 32.9 Å². The van der Waals surface area contributed by atoms with Gasteiger partial charge < -0.3 is 30.0 Å². The van der Waals surface area contributed by atoms with Gasteiger partial charge in [-0.05, 0) is 51.0 Å². The van der Waals surface area contributed by atoms with Crippen molar-refractivity contribution in [2.45, 2.75) is 51.2 Å². The number of H-pyrrole nitrogens is 1. The highest BCUT2D eigenvalue weighted by atomic mass is 16.6. The van der Waals surface area contributed by atoms with Crippen LogP contribution in [0.2, 0.25) is 0 Å². The van der Waals surface area contributed by atoms with Gasteiger partial charge in [-0.2, -0.15) is 0 Å². The highest BCUT2D eigenvalue weighted by Crippen LogP contribution is 2.42. The Balaban J connectivity index is 1.33. The number of nitrogen functional groups attached to an aromatic ring is 1. The predicted molar refractivity (Wildman–Crippen MR) is 135 cm³/mol. The van der Waals surface area contributed by atoms with Crippen molar-refractivity contribution >= 4 is 28.4 Å². The van der Waals surface area contributed by atoms with Crippen LogP contribution in [0.4, 0.5) is 16.2 Å². The number of para-hydroxylation sites is 1. The Morgan fingerprint density at radius 1 is 1.18 bits per heavy atom. The summed E-state index contributed by atoms with van der Waals surface area (Å²) in [5.41, 5.74) is 9.51. The van der Waals surface area contributed by atoms with Crippen LogP contribution in [-0.4, -0.2) is 53.4 Å². The first-order chi connectivity index (χ1) is 16.2. The maximum absolute atomic E-state index is 12.6. The molecule has 1 aromatic heterocycles. The van der Waals surface area contributed by atoms with Gasteiger partial charge in [0.1, 0.15) is 17.0 Å². The highest BCUT2D eigenvalue weighted by Gasteiger charge is 2.43. The fourth-order valence-corrected chi connectivity index (χ4v) is 5.05. The number of carbonyl (C=O) groups is 1. The first-order valence-electron chi connectivity index (χ1n) is 12.1. The fourth-order valence-electron chi connectivity index (χ4n) is 5.05. The molecule has 1 fully saturated rings. The van der Waals surface area contributed by atoms with Gasteiger partial charge in [0, 0.05) is 61.3 Å². The Kier molecular flexibility index (Phi) is 5.58. The number of aromatic nitrogens is 1. The quantitative estimate of drug-likeness (QED) is 0.538. The number of rotatable bonds is 3. The molecule has 1 spiro atoms. The Morgan fingerprint density at radius 3 is 2.71 bits per heavy atom. The summed E-state index contributed by atoms with van der Waals surface area (Å²) in [6.45, 7) is 8.58. The molecule has 0 bridgehead atoms. The van der Waals surface area contributed by atoms with Crippen LogP contribution in [0, 0.1) is 0 Å². The van der Waals surface area contributed by atoms with Crippen molar-refractivity contribution in [1.82, 2.24) is 9.88 Å². The van der Waals surface area contributed by atoms with Gasteiger partial charge in [0.15, 0.2) is 0 Å². The molecular weight excluding hydrogens is 428 g/mol. The van der Waals surface area contributed by atoms with Crippen molar-refractivity contribution in [2.75, 3.05) is 36.8 Å². The van der Waals surface area contributed by atoms with E-state index in [2.05, 4.69) is 46.4 Å². The molecule has 2 aliphatic heterocycles. The number of ether oxygens (including phenoxy) is 2. The molecule has 5 rings (SSSR count). The van der Waals surface area contributed by atoms with Crippen LogP contribution in [0.3, 0.4) is 0 Å². The summed E-state index contributed by atoms with van der Waals surface area (Å²) in [6, 6.07) is 14.3. The maximum Gasteiger partial charge on any atom is 0.410 e. The molecule has 0 saturated carbocycles. The van der Waals surface area contributed by atoms with Gasteiger partial charge in [-0.15, -0.1) is 0 Å². The smallest absolute Gasteiger partial charge is 0.410 e. The van der Waals surface area contributed by atoms with Crippen LogP contribution < -0.4 is 15.4 Å². The maximum atomic E-state index is 12.6. The number of anilines is 2. The SMILES string of the molecule is CC(C)(C)OC(=O)N1CCC2(CC1)CN(CCc1c[nH]c3ccccc13)c1ccc(N)cc1O2. The highest BCUT2D eigenvalue weighted by molar-refractivity contribution is 5.83. The van der Waals surface area contributed by atoms with E-state index in [4.69, 9.17) is 15.2 Å². The minimum absolute atomic E-state index is 0.251. The molecular formula is C27H34N4O3. The average Bonchev–Trinajstić information content (AvgIpc) is 3.19. The Hall–Kier alpha value is -3.35. The zero-order valence-corrected chi connectivity index (χ0v) is 20.3. The molecule has 0 atom stereocenters. The van der Waals surface area contributed by atoms with E-state index >= 15 is 0 Å². The Bertz CT molecular complexity index is 1190. The number of piperidine rings is 1. The minimum Gasteiger partial charge on any atom is -0.483 e. The van der Waals surface area contributed by atoms with Crippen molar-refractivity contribution < 1.29 is 14.3 Å². The molecule has 1 saturated heterocycles. The zero-order chi connectivity index (χ0) is 23.9. The van der Waals surface area contributed by atoms with Crippen molar-refractivity contribution in [1.29, 1.82) is 0 Å². The fraction of sp³-hybridized carbons (Fsp3) is 0.444. The van der Waals surface area contributed by atoms with Crippen LogP contribution in [-0.2, 0) is 11.2 Å². The van der Waals surface area contributed by atoms with Gasteiger partial charge in [0.05, 0.1) is 12.2 Å². The largest absolute Gasteiger partial charge is 0.483 e. The van der Waals surface area contributed by atoms with Crippen molar-refractivity contribution in [3.63, 3.8) is 0 Å². The van der Waals surface area contributed by atoms with Gasteiger partial charge >= 0.3 is 6.09 Å². The van der Waals surface area contributed by atoms with Gasteiger partial charge in [-0.25, -0.2) is 4.79 Å². The number of benzene rings is 2. The molecule has 3 heterocycles. The van der Waals surface area contributed by atoms with Gasteiger partial charge in [0.25, 0.3) is 0 Å². The Morgan fingerprint density at radius 2 is 1.94 bits per heavy atom. The second kappa shape index (κ2) is 8.46. The van der Waals surface area contributed by atoms with Crippen LogP contribution >= 0.6 is 0 Å². The molecule has 1 amide bonds. The van der Waals surface area contributed by atoms with Crippen LogP contribution in [0.25, 0.3) is 10.9 Å². The third-order valence-electron chi connectivity index (χ3n) is 6.78. The minimum atomic E-state index is -0.497. The van der Waals surface area contributed by atoms with Gasteiger partial charge in [-0.3, -0.25) is 0 Å². The summed E-state index contributed by atoms with van der Waals surface area (Å²) < 4.78 is 12.2. The molecule has 3 aromatic rings. The predicted octanol–water partition coefficient (Wildman–Crippen LogP) is 4.96. The first kappa shape index (κ1) is 22.4. The van der Waals surface area contributed by atoms with E-state index in [9.17, 15) is 4.79 Å². The zero-order valence-electron chi connectivity index (χ0n) is 20.3. The summed E-state index contributed by atoms with van der Waals surface area (Å²) >= 11 is 0. The number of nitrogens with two attached hydrogens (primary N) is 1. The first-order valence-corrected chi connectivity index (χ1v) is 12.1. The number of nitrogens with zero attached hydrogens (tertiary/aromatic N) is 2. The van der Waals surface area contributed by atoms with Crippen LogP contribution in [0.15, 0.2) is 48.7 Å². The van der Waals surface area contributed by atoms with E-state index < -0.39 is 5.60 Å². The molecule has 0 unspecified atom stereocenters. The third-order valence-corrected chi connectivity index (χ3v) is 6.78. The van der Waals surface area contributed by atoms with Gasteiger partial charge in [0.2, 0.25) is 0 Å². The summed E-state index contributed by atoms with van der Waals surface area (Å²) in [5.74, 6) is 0.830. The van der Waals surface area contributed by atoms with E-state index in [-0.39, 0.29) is 11.7 Å². The van der Waals surface area contributed by atoms with Crippen LogP contribution in [0.5, 0.6) is 5.75 Å². The monoisotopic (exact) mass is 462 g/mol. The lowest BCUT2D eigenvalue weighted by Gasteiger charge is -2.48. The van der Waals surface area contributed by atoms with Crippen molar-refractivity contribution in [2.24, 2.45) is 0 Å². The average molecular weight is 463 g/mol. The molecule has 2 aromatic carbocycles. The lowest BCUT2D eigenvalue weighted by Crippen LogP contribution is -2.58. The van der Waals surface area contributed by atoms with Crippen molar-refractivity contribution in [3.05, 3.63) is 54.2 Å². The van der Waals surface area contributed by atoms with E-state index in [1.165, 1.54) is 16.5 Å². The summed E-state index contributed by atoms with van der Waals surface area (Å²) in [7, 11) is 0. The summed E-state index contributed by atoms with van der Waals surface area (Å²) in [6.07, 6.45) is 4.30. The summed E-state index contributed by atoms with van der Waals surface area (Å²) in [4.78, 5) is 20.2. The summed E-state index contributed by atoms with van der Waals surface area (Å²) in [5, 5.41) is 1.27. The number of amides is 1. The van der Waals surface area contributed by atoms with Crippen LogP contribution in [0.1, 0.15) is 39.2 Å². The molecule has 0 radical (unpaired) electrons. The number of aromatic amines is 1. The number of carbonyl (C=O) groups excluding carboxylic acids is 1. The standard InChI is InChI=1S/C27H34N4O3/c1-26(2,3)34-25(32)30-14-11-27(12-15-30)18-31(23-9-8-20(28)16-24(23)33-27)13-10-19-17-29-22-7-5-4-6-21(19)22/h4-9,16-17,29H,10-15,18,28H2,1-3H3. The molecule has 3 N–H and O–H groups in total. The number of likely N-dealkylation sites (tertiary alicyclic amines) is 1. The van der Waals surface area contributed by atoms with E-state index in [0.717, 1.165) is 43.8 Å². The van der Waals surface area contributed by atoms with E-state index in [0.29, 0.717) is 18.8 Å². The number of hydrogen-bond donors (Lipinski definition) is 2. The Labute approximate surface area is 200 Å². The second-order valence-corrected chi connectivity index (χ2v) is 10.5.